The van der Waals surface area contributed by atoms with Gasteiger partial charge in [-0.05, 0) is 30.6 Å². The highest BCUT2D eigenvalue weighted by Gasteiger charge is 2.12. The highest BCUT2D eigenvalue weighted by molar-refractivity contribution is 7.03. The second-order valence-electron chi connectivity index (χ2n) is 3.79. The van der Waals surface area contributed by atoms with Crippen LogP contribution in [0.2, 0.25) is 0 Å². The number of anilines is 1. The van der Waals surface area contributed by atoms with Crippen LogP contribution < -0.4 is 5.32 Å². The number of aromatic nitrogens is 2. The van der Waals surface area contributed by atoms with E-state index in [0.29, 0.717) is 12.1 Å². The highest BCUT2D eigenvalue weighted by atomic mass is 32.1. The monoisotopic (exact) mass is 263 g/mol. The molecule has 0 atom stereocenters. The zero-order chi connectivity index (χ0) is 13.0. The molecule has 94 valence electrons. The van der Waals surface area contributed by atoms with Gasteiger partial charge in [-0.15, -0.1) is 5.10 Å². The van der Waals surface area contributed by atoms with Crippen LogP contribution >= 0.6 is 11.5 Å². The van der Waals surface area contributed by atoms with Crippen molar-refractivity contribution in [2.75, 3.05) is 12.4 Å². The minimum absolute atomic E-state index is 0.349. The maximum absolute atomic E-state index is 11.7. The number of methoxy groups -OCH3 is 1. The summed E-state index contributed by atoms with van der Waals surface area (Å²) in [4.78, 5) is 11.7. The fourth-order valence-corrected chi connectivity index (χ4v) is 1.99. The SMILES string of the molecule is COC(=O)c1cc(C)ccc1NCc1csnn1. The van der Waals surface area contributed by atoms with Crippen LogP contribution in [0.5, 0.6) is 0 Å². The lowest BCUT2D eigenvalue weighted by molar-refractivity contribution is 0.0601. The molecule has 1 aromatic carbocycles. The van der Waals surface area contributed by atoms with Crippen LogP contribution in [0, 0.1) is 6.92 Å². The number of hydrogen-bond acceptors (Lipinski definition) is 6. The molecule has 1 heterocycles. The van der Waals surface area contributed by atoms with E-state index in [0.717, 1.165) is 16.9 Å². The number of ether oxygens (including phenoxy) is 1. The van der Waals surface area contributed by atoms with Gasteiger partial charge in [-0.1, -0.05) is 16.1 Å². The molecule has 18 heavy (non-hydrogen) atoms. The summed E-state index contributed by atoms with van der Waals surface area (Å²) >= 11 is 1.30. The minimum atomic E-state index is -0.349. The maximum Gasteiger partial charge on any atom is 0.339 e. The number of rotatable bonds is 4. The van der Waals surface area contributed by atoms with Crippen molar-refractivity contribution in [2.45, 2.75) is 13.5 Å². The fraction of sp³-hybridized carbons (Fsp3) is 0.250. The molecule has 2 rings (SSSR count). The third kappa shape index (κ3) is 2.84. The summed E-state index contributed by atoms with van der Waals surface area (Å²) < 4.78 is 8.55. The Morgan fingerprint density at radius 2 is 2.33 bits per heavy atom. The van der Waals surface area contributed by atoms with Crippen LogP contribution in [0.3, 0.4) is 0 Å². The number of aryl methyl sites for hydroxylation is 1. The summed E-state index contributed by atoms with van der Waals surface area (Å²) in [7, 11) is 1.37. The molecule has 0 aliphatic rings. The first-order valence-corrected chi connectivity index (χ1v) is 6.23. The Kier molecular flexibility index (Phi) is 3.88. The Hall–Kier alpha value is -1.95. The first-order chi connectivity index (χ1) is 8.70. The molecule has 0 amide bonds. The first-order valence-electron chi connectivity index (χ1n) is 5.39. The summed E-state index contributed by atoms with van der Waals surface area (Å²) in [5.74, 6) is -0.349. The summed E-state index contributed by atoms with van der Waals surface area (Å²) in [6.07, 6.45) is 0. The molecule has 0 spiro atoms. The molecule has 1 aromatic heterocycles. The van der Waals surface area contributed by atoms with E-state index in [1.165, 1.54) is 18.6 Å². The number of benzene rings is 1. The lowest BCUT2D eigenvalue weighted by atomic mass is 10.1. The molecule has 6 heteroatoms. The molecule has 0 aliphatic heterocycles. The van der Waals surface area contributed by atoms with E-state index >= 15 is 0 Å². The number of hydrogen-bond donors (Lipinski definition) is 1. The van der Waals surface area contributed by atoms with Gasteiger partial charge in [-0.25, -0.2) is 4.79 Å². The van der Waals surface area contributed by atoms with Gasteiger partial charge in [-0.2, -0.15) is 0 Å². The van der Waals surface area contributed by atoms with Crippen molar-refractivity contribution in [1.29, 1.82) is 0 Å². The van der Waals surface area contributed by atoms with E-state index in [9.17, 15) is 4.79 Å². The predicted molar refractivity (Wildman–Crippen MR) is 69.8 cm³/mol. The molecular weight excluding hydrogens is 250 g/mol. The lowest BCUT2D eigenvalue weighted by Gasteiger charge is -2.10. The molecule has 1 N–H and O–H groups in total. The normalized spacial score (nSPS) is 10.1. The Morgan fingerprint density at radius 1 is 1.50 bits per heavy atom. The van der Waals surface area contributed by atoms with Gasteiger partial charge in [0.1, 0.15) is 0 Å². The number of nitrogens with one attached hydrogen (secondary N) is 1. The van der Waals surface area contributed by atoms with Crippen molar-refractivity contribution in [3.8, 4) is 0 Å². The molecular formula is C12H13N3O2S. The topological polar surface area (TPSA) is 64.1 Å². The van der Waals surface area contributed by atoms with E-state index < -0.39 is 0 Å². The van der Waals surface area contributed by atoms with Crippen LogP contribution in [-0.2, 0) is 11.3 Å². The standard InChI is InChI=1S/C12H13N3O2S/c1-8-3-4-11(10(5-8)12(16)17-2)13-6-9-7-18-15-14-9/h3-5,7,13H,6H2,1-2H3. The molecule has 0 bridgehead atoms. The summed E-state index contributed by atoms with van der Waals surface area (Å²) in [5, 5.41) is 8.95. The largest absolute Gasteiger partial charge is 0.465 e. The quantitative estimate of drug-likeness (QED) is 0.857. The van der Waals surface area contributed by atoms with Gasteiger partial charge in [0.25, 0.3) is 0 Å². The number of carbonyl (C=O) groups excluding carboxylic acids is 1. The van der Waals surface area contributed by atoms with E-state index in [-0.39, 0.29) is 5.97 Å². The van der Waals surface area contributed by atoms with Crippen LogP contribution in [0.15, 0.2) is 23.6 Å². The zero-order valence-electron chi connectivity index (χ0n) is 10.1. The average Bonchev–Trinajstić information content (AvgIpc) is 2.89. The molecule has 0 radical (unpaired) electrons. The van der Waals surface area contributed by atoms with E-state index in [1.807, 2.05) is 24.4 Å². The van der Waals surface area contributed by atoms with Crippen molar-refractivity contribution in [2.24, 2.45) is 0 Å². The van der Waals surface area contributed by atoms with Gasteiger partial charge >= 0.3 is 5.97 Å². The minimum Gasteiger partial charge on any atom is -0.465 e. The van der Waals surface area contributed by atoms with Crippen LogP contribution in [0.1, 0.15) is 21.6 Å². The molecule has 0 unspecified atom stereocenters. The predicted octanol–water partition coefficient (Wildman–Crippen LogP) is 2.25. The van der Waals surface area contributed by atoms with Crippen molar-refractivity contribution in [3.63, 3.8) is 0 Å². The van der Waals surface area contributed by atoms with Gasteiger partial charge < -0.3 is 10.1 Å². The molecule has 0 fully saturated rings. The van der Waals surface area contributed by atoms with Crippen molar-refractivity contribution in [1.82, 2.24) is 9.59 Å². The van der Waals surface area contributed by atoms with Gasteiger partial charge in [0, 0.05) is 11.1 Å². The van der Waals surface area contributed by atoms with Crippen LogP contribution in [-0.4, -0.2) is 22.7 Å². The Morgan fingerprint density at radius 3 is 3.00 bits per heavy atom. The van der Waals surface area contributed by atoms with Gasteiger partial charge in [0.15, 0.2) is 0 Å². The zero-order valence-corrected chi connectivity index (χ0v) is 11.0. The summed E-state index contributed by atoms with van der Waals surface area (Å²) in [5.41, 5.74) is 3.12. The molecule has 0 saturated carbocycles. The Balaban J connectivity index is 2.18. The lowest BCUT2D eigenvalue weighted by Crippen LogP contribution is -2.08. The summed E-state index contributed by atoms with van der Waals surface area (Å²) in [6, 6.07) is 5.60. The smallest absolute Gasteiger partial charge is 0.339 e. The average molecular weight is 263 g/mol. The van der Waals surface area contributed by atoms with Gasteiger partial charge in [-0.3, -0.25) is 0 Å². The Bertz CT molecular complexity index is 540. The van der Waals surface area contributed by atoms with E-state index in [4.69, 9.17) is 4.74 Å². The van der Waals surface area contributed by atoms with Gasteiger partial charge in [0.05, 0.1) is 24.9 Å². The fourth-order valence-electron chi connectivity index (χ4n) is 1.54. The second kappa shape index (κ2) is 5.59. The molecule has 0 aliphatic carbocycles. The van der Waals surface area contributed by atoms with Crippen molar-refractivity contribution in [3.05, 3.63) is 40.4 Å². The van der Waals surface area contributed by atoms with Crippen LogP contribution in [0.25, 0.3) is 0 Å². The summed E-state index contributed by atoms with van der Waals surface area (Å²) in [6.45, 7) is 2.46. The molecule has 5 nitrogen and oxygen atoms in total. The third-order valence-corrected chi connectivity index (χ3v) is 3.00. The third-order valence-electron chi connectivity index (χ3n) is 2.45. The van der Waals surface area contributed by atoms with Crippen LogP contribution in [0.4, 0.5) is 5.69 Å². The first kappa shape index (κ1) is 12.5. The van der Waals surface area contributed by atoms with E-state index in [1.54, 1.807) is 6.07 Å². The van der Waals surface area contributed by atoms with Crippen molar-refractivity contribution >= 4 is 23.2 Å². The Labute approximate surface area is 109 Å². The van der Waals surface area contributed by atoms with E-state index in [2.05, 4.69) is 14.9 Å². The number of nitrogens with zero attached hydrogens (tertiary/aromatic N) is 2. The second-order valence-corrected chi connectivity index (χ2v) is 4.40. The van der Waals surface area contributed by atoms with Gasteiger partial charge in [0.2, 0.25) is 0 Å². The number of esters is 1. The molecule has 0 saturated heterocycles. The maximum atomic E-state index is 11.7. The molecule has 2 aromatic rings. The van der Waals surface area contributed by atoms with Crippen molar-refractivity contribution < 1.29 is 9.53 Å². The number of carbonyl (C=O) groups is 1. The highest BCUT2D eigenvalue weighted by Crippen LogP contribution is 2.19.